The zero-order chi connectivity index (χ0) is 13.7. The summed E-state index contributed by atoms with van der Waals surface area (Å²) in [5.74, 6) is 2.49. The van der Waals surface area contributed by atoms with Crippen LogP contribution in [0.4, 0.5) is 0 Å². The third kappa shape index (κ3) is 4.62. The summed E-state index contributed by atoms with van der Waals surface area (Å²) in [6, 6.07) is 1.33. The molecule has 2 rings (SSSR count). The van der Waals surface area contributed by atoms with Gasteiger partial charge in [0.15, 0.2) is 0 Å². The SMILES string of the molecule is CC(C)N(C)CCCNC1CCOC2(CCSC2)C1. The second-order valence-corrected chi connectivity index (χ2v) is 7.51. The predicted molar refractivity (Wildman–Crippen MR) is 84.0 cm³/mol. The zero-order valence-electron chi connectivity index (χ0n) is 12.8. The van der Waals surface area contributed by atoms with Gasteiger partial charge in [0.25, 0.3) is 0 Å². The molecule has 112 valence electrons. The Bertz CT molecular complexity index is 267. The van der Waals surface area contributed by atoms with Crippen LogP contribution in [0.3, 0.4) is 0 Å². The summed E-state index contributed by atoms with van der Waals surface area (Å²) in [7, 11) is 2.21. The standard InChI is InChI=1S/C15H30N2OS/c1-13(2)17(3)8-4-7-16-14-5-9-18-15(11-14)6-10-19-12-15/h13-14,16H,4-12H2,1-3H3. The quantitative estimate of drug-likeness (QED) is 0.758. The second-order valence-electron chi connectivity index (χ2n) is 6.41. The van der Waals surface area contributed by atoms with Crippen LogP contribution in [0, 0.1) is 0 Å². The molecule has 1 N–H and O–H groups in total. The van der Waals surface area contributed by atoms with Crippen molar-refractivity contribution in [2.75, 3.05) is 38.2 Å². The molecule has 0 aromatic carbocycles. The fourth-order valence-corrected chi connectivity index (χ4v) is 4.34. The van der Waals surface area contributed by atoms with Crippen LogP contribution in [0.15, 0.2) is 0 Å². The Morgan fingerprint density at radius 2 is 2.32 bits per heavy atom. The molecule has 0 bridgehead atoms. The van der Waals surface area contributed by atoms with Gasteiger partial charge in [-0.3, -0.25) is 0 Å². The molecule has 2 unspecified atom stereocenters. The highest BCUT2D eigenvalue weighted by Gasteiger charge is 2.40. The second kappa shape index (κ2) is 7.30. The summed E-state index contributed by atoms with van der Waals surface area (Å²) < 4.78 is 6.06. The Kier molecular flexibility index (Phi) is 6.00. The molecule has 2 aliphatic rings. The Balaban J connectivity index is 1.63. The number of nitrogens with one attached hydrogen (secondary N) is 1. The molecule has 2 fully saturated rings. The summed E-state index contributed by atoms with van der Waals surface area (Å²) >= 11 is 2.06. The van der Waals surface area contributed by atoms with Gasteiger partial charge < -0.3 is 15.0 Å². The minimum absolute atomic E-state index is 0.218. The van der Waals surface area contributed by atoms with Crippen molar-refractivity contribution in [3.63, 3.8) is 0 Å². The van der Waals surface area contributed by atoms with E-state index in [9.17, 15) is 0 Å². The highest BCUT2D eigenvalue weighted by atomic mass is 32.2. The van der Waals surface area contributed by atoms with Gasteiger partial charge in [-0.05, 0) is 65.4 Å². The van der Waals surface area contributed by atoms with Crippen molar-refractivity contribution in [3.05, 3.63) is 0 Å². The minimum Gasteiger partial charge on any atom is -0.374 e. The Morgan fingerprint density at radius 3 is 3.00 bits per heavy atom. The molecule has 0 radical (unpaired) electrons. The van der Waals surface area contributed by atoms with Crippen molar-refractivity contribution >= 4 is 11.8 Å². The molecule has 0 aromatic rings. The monoisotopic (exact) mass is 286 g/mol. The molecule has 2 saturated heterocycles. The van der Waals surface area contributed by atoms with E-state index >= 15 is 0 Å². The highest BCUT2D eigenvalue weighted by Crippen LogP contribution is 2.38. The lowest BCUT2D eigenvalue weighted by Gasteiger charge is -2.38. The fourth-order valence-electron chi connectivity index (χ4n) is 2.96. The van der Waals surface area contributed by atoms with Gasteiger partial charge in [0, 0.05) is 24.4 Å². The van der Waals surface area contributed by atoms with Crippen molar-refractivity contribution in [2.24, 2.45) is 0 Å². The molecule has 2 heterocycles. The van der Waals surface area contributed by atoms with E-state index in [2.05, 4.69) is 42.9 Å². The minimum atomic E-state index is 0.218. The van der Waals surface area contributed by atoms with E-state index in [4.69, 9.17) is 4.74 Å². The molecular weight excluding hydrogens is 256 g/mol. The zero-order valence-corrected chi connectivity index (χ0v) is 13.6. The van der Waals surface area contributed by atoms with Gasteiger partial charge in [-0.15, -0.1) is 0 Å². The number of hydrogen-bond donors (Lipinski definition) is 1. The molecule has 0 saturated carbocycles. The average molecular weight is 286 g/mol. The molecule has 2 aliphatic heterocycles. The third-order valence-corrected chi connectivity index (χ3v) is 5.79. The molecule has 1 spiro atoms. The van der Waals surface area contributed by atoms with E-state index < -0.39 is 0 Å². The maximum absolute atomic E-state index is 6.06. The topological polar surface area (TPSA) is 24.5 Å². The van der Waals surface area contributed by atoms with Crippen LogP contribution in [0.1, 0.15) is 39.5 Å². The average Bonchev–Trinajstić information content (AvgIpc) is 2.82. The normalized spacial score (nSPS) is 31.7. The molecule has 0 aromatic heterocycles. The molecule has 19 heavy (non-hydrogen) atoms. The van der Waals surface area contributed by atoms with Crippen LogP contribution in [0.25, 0.3) is 0 Å². The van der Waals surface area contributed by atoms with E-state index in [-0.39, 0.29) is 5.60 Å². The van der Waals surface area contributed by atoms with Crippen LogP contribution in [0.5, 0.6) is 0 Å². The lowest BCUT2D eigenvalue weighted by molar-refractivity contribution is -0.0700. The van der Waals surface area contributed by atoms with Crippen molar-refractivity contribution in [2.45, 2.75) is 57.2 Å². The first-order valence-corrected chi connectivity index (χ1v) is 8.92. The number of nitrogens with zero attached hydrogens (tertiary/aromatic N) is 1. The van der Waals surface area contributed by atoms with Crippen LogP contribution in [0.2, 0.25) is 0 Å². The van der Waals surface area contributed by atoms with Gasteiger partial charge in [0.2, 0.25) is 0 Å². The third-order valence-electron chi connectivity index (χ3n) is 4.56. The van der Waals surface area contributed by atoms with Gasteiger partial charge in [0.1, 0.15) is 0 Å². The predicted octanol–water partition coefficient (Wildman–Crippen LogP) is 2.36. The maximum Gasteiger partial charge on any atom is 0.0795 e. The first-order chi connectivity index (χ1) is 9.11. The number of thioether (sulfide) groups is 1. The van der Waals surface area contributed by atoms with Crippen LogP contribution >= 0.6 is 11.8 Å². The van der Waals surface area contributed by atoms with Crippen LogP contribution in [-0.2, 0) is 4.74 Å². The summed E-state index contributed by atoms with van der Waals surface area (Å²) in [5.41, 5.74) is 0.218. The lowest BCUT2D eigenvalue weighted by atomic mass is 9.90. The van der Waals surface area contributed by atoms with E-state index in [1.807, 2.05) is 0 Å². The largest absolute Gasteiger partial charge is 0.374 e. The van der Waals surface area contributed by atoms with E-state index in [1.54, 1.807) is 0 Å². The summed E-state index contributed by atoms with van der Waals surface area (Å²) in [6.45, 7) is 7.80. The number of ether oxygens (including phenoxy) is 1. The van der Waals surface area contributed by atoms with E-state index in [0.717, 1.165) is 13.2 Å². The molecule has 3 nitrogen and oxygen atoms in total. The first kappa shape index (κ1) is 15.6. The molecule has 2 atom stereocenters. The molecular formula is C15H30N2OS. The van der Waals surface area contributed by atoms with Gasteiger partial charge >= 0.3 is 0 Å². The van der Waals surface area contributed by atoms with Gasteiger partial charge in [-0.25, -0.2) is 0 Å². The molecule has 0 aliphatic carbocycles. The van der Waals surface area contributed by atoms with Crippen LogP contribution in [-0.4, -0.2) is 60.8 Å². The van der Waals surface area contributed by atoms with Gasteiger partial charge in [0.05, 0.1) is 5.60 Å². The smallest absolute Gasteiger partial charge is 0.0795 e. The van der Waals surface area contributed by atoms with Gasteiger partial charge in [-0.1, -0.05) is 0 Å². The molecule has 0 amide bonds. The van der Waals surface area contributed by atoms with E-state index in [1.165, 1.54) is 43.7 Å². The maximum atomic E-state index is 6.06. The lowest BCUT2D eigenvalue weighted by Crippen LogP contribution is -2.47. The first-order valence-electron chi connectivity index (χ1n) is 7.77. The number of rotatable bonds is 6. The summed E-state index contributed by atoms with van der Waals surface area (Å²) in [4.78, 5) is 2.42. The summed E-state index contributed by atoms with van der Waals surface area (Å²) in [5, 5.41) is 3.75. The Hall–Kier alpha value is 0.230. The van der Waals surface area contributed by atoms with E-state index in [0.29, 0.717) is 12.1 Å². The number of hydrogen-bond acceptors (Lipinski definition) is 4. The Morgan fingerprint density at radius 1 is 1.47 bits per heavy atom. The summed E-state index contributed by atoms with van der Waals surface area (Å²) in [6.07, 6.45) is 4.91. The van der Waals surface area contributed by atoms with Crippen molar-refractivity contribution < 1.29 is 4.74 Å². The van der Waals surface area contributed by atoms with Crippen molar-refractivity contribution in [3.8, 4) is 0 Å². The van der Waals surface area contributed by atoms with Crippen LogP contribution < -0.4 is 5.32 Å². The fraction of sp³-hybridized carbons (Fsp3) is 1.00. The molecule has 4 heteroatoms. The van der Waals surface area contributed by atoms with Gasteiger partial charge in [-0.2, -0.15) is 11.8 Å². The van der Waals surface area contributed by atoms with Crippen molar-refractivity contribution in [1.29, 1.82) is 0 Å². The Labute approximate surface area is 122 Å². The van der Waals surface area contributed by atoms with Crippen molar-refractivity contribution in [1.82, 2.24) is 10.2 Å². The highest BCUT2D eigenvalue weighted by molar-refractivity contribution is 7.99.